The fourth-order valence-electron chi connectivity index (χ4n) is 2.34. The molecule has 6 nitrogen and oxygen atoms in total. The first-order valence-electron chi connectivity index (χ1n) is 8.50. The van der Waals surface area contributed by atoms with Crippen LogP contribution >= 0.6 is 0 Å². The summed E-state index contributed by atoms with van der Waals surface area (Å²) in [5, 5.41) is 0. The van der Waals surface area contributed by atoms with E-state index in [0.717, 1.165) is 11.1 Å². The highest BCUT2D eigenvalue weighted by atomic mass is 32.2. The maximum absolute atomic E-state index is 11.9. The van der Waals surface area contributed by atoms with Crippen molar-refractivity contribution in [2.24, 2.45) is 7.05 Å². The Morgan fingerprint density at radius 2 is 1.81 bits per heavy atom. The summed E-state index contributed by atoms with van der Waals surface area (Å²) < 4.78 is 34.8. The molecule has 1 aromatic carbocycles. The quantitative estimate of drug-likeness (QED) is 0.679. The van der Waals surface area contributed by atoms with Gasteiger partial charge in [0.1, 0.15) is 12.4 Å². The van der Waals surface area contributed by atoms with Gasteiger partial charge in [-0.2, -0.15) is 0 Å². The maximum Gasteiger partial charge on any atom is 0.292 e. The summed E-state index contributed by atoms with van der Waals surface area (Å²) in [6.45, 7) is 1.82. The molecule has 27 heavy (non-hydrogen) atoms. The van der Waals surface area contributed by atoms with E-state index in [2.05, 4.69) is 11.8 Å². The van der Waals surface area contributed by atoms with Gasteiger partial charge in [-0.3, -0.25) is 4.79 Å². The molecule has 2 aromatic rings. The summed E-state index contributed by atoms with van der Waals surface area (Å²) in [7, 11) is 0.171. The van der Waals surface area contributed by atoms with Gasteiger partial charge in [-0.15, -0.1) is 0 Å². The molecule has 0 atom stereocenters. The van der Waals surface area contributed by atoms with Crippen molar-refractivity contribution in [1.29, 1.82) is 0 Å². The lowest BCUT2D eigenvalue weighted by Crippen LogP contribution is -2.17. The molecule has 0 radical (unpaired) electrons. The standard InChI is InChI=1S/C20H23NO5S/c1-4-27(23,24)13-7-5-6-12-26-18-10-8-16(9-11-18)17-14-19(25-3)20(22)21(2)15-17/h8-11,14-15H,4,7,12-13H2,1-3H3. The highest BCUT2D eigenvalue weighted by molar-refractivity contribution is 7.91. The molecule has 7 heteroatoms. The van der Waals surface area contributed by atoms with Crippen LogP contribution in [-0.4, -0.2) is 38.2 Å². The van der Waals surface area contributed by atoms with E-state index < -0.39 is 9.84 Å². The van der Waals surface area contributed by atoms with E-state index in [0.29, 0.717) is 12.2 Å². The smallest absolute Gasteiger partial charge is 0.292 e. The summed E-state index contributed by atoms with van der Waals surface area (Å²) in [5.74, 6) is 6.78. The van der Waals surface area contributed by atoms with Gasteiger partial charge in [0, 0.05) is 31.0 Å². The third kappa shape index (κ3) is 5.90. The molecular weight excluding hydrogens is 366 g/mol. The molecule has 0 aliphatic heterocycles. The number of hydrogen-bond acceptors (Lipinski definition) is 5. The molecule has 0 N–H and O–H groups in total. The Hall–Kier alpha value is -2.72. The number of rotatable bonds is 7. The van der Waals surface area contributed by atoms with Crippen LogP contribution in [0.1, 0.15) is 13.3 Å². The Morgan fingerprint density at radius 3 is 2.44 bits per heavy atom. The predicted octanol–water partition coefficient (Wildman–Crippen LogP) is 2.27. The second-order valence-electron chi connectivity index (χ2n) is 5.87. The summed E-state index contributed by atoms with van der Waals surface area (Å²) >= 11 is 0. The molecule has 0 saturated heterocycles. The highest BCUT2D eigenvalue weighted by Crippen LogP contribution is 2.23. The van der Waals surface area contributed by atoms with Crippen LogP contribution in [0.15, 0.2) is 41.3 Å². The molecule has 1 heterocycles. The van der Waals surface area contributed by atoms with Crippen LogP contribution < -0.4 is 15.0 Å². The number of nitrogens with zero attached hydrogens (tertiary/aromatic N) is 1. The lowest BCUT2D eigenvalue weighted by molar-refractivity contribution is 0.370. The summed E-state index contributed by atoms with van der Waals surface area (Å²) in [5.41, 5.74) is 1.59. The molecule has 0 aliphatic carbocycles. The van der Waals surface area contributed by atoms with Crippen molar-refractivity contribution in [3.8, 4) is 34.5 Å². The number of ether oxygens (including phenoxy) is 2. The van der Waals surface area contributed by atoms with Crippen LogP contribution in [0.3, 0.4) is 0 Å². The number of pyridine rings is 1. The van der Waals surface area contributed by atoms with Crippen LogP contribution in [0.5, 0.6) is 11.5 Å². The molecule has 0 amide bonds. The lowest BCUT2D eigenvalue weighted by atomic mass is 10.1. The highest BCUT2D eigenvalue weighted by Gasteiger charge is 2.07. The molecule has 0 spiro atoms. The van der Waals surface area contributed by atoms with Crippen molar-refractivity contribution in [3.63, 3.8) is 0 Å². The van der Waals surface area contributed by atoms with Crippen LogP contribution in [0.4, 0.5) is 0 Å². The third-order valence-electron chi connectivity index (χ3n) is 3.97. The van der Waals surface area contributed by atoms with Gasteiger partial charge < -0.3 is 14.0 Å². The van der Waals surface area contributed by atoms with Gasteiger partial charge in [0.05, 0.1) is 12.9 Å². The normalized spacial score (nSPS) is 10.8. The summed E-state index contributed by atoms with van der Waals surface area (Å²) in [6, 6.07) is 9.10. The molecule has 0 saturated carbocycles. The zero-order valence-corrected chi connectivity index (χ0v) is 16.5. The molecule has 1 aromatic heterocycles. The monoisotopic (exact) mass is 389 g/mol. The Bertz CT molecular complexity index is 995. The third-order valence-corrected chi connectivity index (χ3v) is 5.68. The molecule has 144 valence electrons. The van der Waals surface area contributed by atoms with Crippen molar-refractivity contribution in [2.45, 2.75) is 13.3 Å². The Morgan fingerprint density at radius 1 is 1.11 bits per heavy atom. The van der Waals surface area contributed by atoms with E-state index in [1.807, 2.05) is 24.3 Å². The average molecular weight is 389 g/mol. The molecular formula is C20H23NO5S. The minimum absolute atomic E-state index is 0.0776. The minimum atomic E-state index is -2.97. The van der Waals surface area contributed by atoms with E-state index in [4.69, 9.17) is 9.47 Å². The SMILES string of the molecule is CCS(=O)(=O)CCC#CCOc1ccc(-c2cc(OC)c(=O)n(C)c2)cc1. The second kappa shape index (κ2) is 9.28. The number of methoxy groups -OCH3 is 1. The predicted molar refractivity (Wildman–Crippen MR) is 106 cm³/mol. The van der Waals surface area contributed by atoms with Crippen LogP contribution in [0, 0.1) is 11.8 Å². The van der Waals surface area contributed by atoms with Gasteiger partial charge in [-0.25, -0.2) is 8.42 Å². The Labute approximate surface area is 159 Å². The Kier molecular flexibility index (Phi) is 7.08. The van der Waals surface area contributed by atoms with Crippen molar-refractivity contribution >= 4 is 9.84 Å². The van der Waals surface area contributed by atoms with Gasteiger partial charge in [-0.1, -0.05) is 30.9 Å². The number of benzene rings is 1. The molecule has 0 unspecified atom stereocenters. The van der Waals surface area contributed by atoms with Crippen molar-refractivity contribution < 1.29 is 17.9 Å². The van der Waals surface area contributed by atoms with Crippen molar-refractivity contribution in [1.82, 2.24) is 4.57 Å². The van der Waals surface area contributed by atoms with Crippen LogP contribution in [-0.2, 0) is 16.9 Å². The van der Waals surface area contributed by atoms with Crippen molar-refractivity contribution in [2.75, 3.05) is 25.2 Å². The average Bonchev–Trinajstić information content (AvgIpc) is 2.67. The zero-order chi connectivity index (χ0) is 19.9. The van der Waals surface area contributed by atoms with Gasteiger partial charge in [0.25, 0.3) is 5.56 Å². The first-order chi connectivity index (χ1) is 12.9. The van der Waals surface area contributed by atoms with Gasteiger partial charge in [0.15, 0.2) is 15.6 Å². The topological polar surface area (TPSA) is 74.6 Å². The summed E-state index contributed by atoms with van der Waals surface area (Å²) in [4.78, 5) is 11.9. The largest absolute Gasteiger partial charge is 0.491 e. The van der Waals surface area contributed by atoms with Gasteiger partial charge in [0.2, 0.25) is 0 Å². The van der Waals surface area contributed by atoms with E-state index in [-0.39, 0.29) is 29.4 Å². The maximum atomic E-state index is 11.9. The van der Waals surface area contributed by atoms with E-state index in [1.165, 1.54) is 11.7 Å². The van der Waals surface area contributed by atoms with Gasteiger partial charge in [-0.05, 0) is 23.8 Å². The first-order valence-corrected chi connectivity index (χ1v) is 10.3. The Balaban J connectivity index is 1.97. The molecule has 2 rings (SSSR count). The first kappa shape index (κ1) is 20.6. The van der Waals surface area contributed by atoms with Crippen molar-refractivity contribution in [3.05, 3.63) is 46.9 Å². The minimum Gasteiger partial charge on any atom is -0.491 e. The molecule has 0 bridgehead atoms. The number of aromatic nitrogens is 1. The molecule has 0 aliphatic rings. The zero-order valence-electron chi connectivity index (χ0n) is 15.7. The second-order valence-corrected chi connectivity index (χ2v) is 8.34. The van der Waals surface area contributed by atoms with Crippen LogP contribution in [0.2, 0.25) is 0 Å². The van der Waals surface area contributed by atoms with Gasteiger partial charge >= 0.3 is 0 Å². The number of hydrogen-bond donors (Lipinski definition) is 0. The number of sulfone groups is 1. The lowest BCUT2D eigenvalue weighted by Gasteiger charge is -2.09. The molecule has 0 fully saturated rings. The fourth-order valence-corrected chi connectivity index (χ4v) is 3.04. The number of aryl methyl sites for hydroxylation is 1. The van der Waals surface area contributed by atoms with E-state index in [9.17, 15) is 13.2 Å². The van der Waals surface area contributed by atoms with E-state index >= 15 is 0 Å². The fraction of sp³-hybridized carbons (Fsp3) is 0.350. The summed E-state index contributed by atoms with van der Waals surface area (Å²) in [6.07, 6.45) is 2.06. The van der Waals surface area contributed by atoms with E-state index in [1.54, 1.807) is 26.2 Å². The van der Waals surface area contributed by atoms with Crippen LogP contribution in [0.25, 0.3) is 11.1 Å².